The van der Waals surface area contributed by atoms with Crippen LogP contribution >= 0.6 is 11.8 Å². The fourth-order valence-corrected chi connectivity index (χ4v) is 2.15. The van der Waals surface area contributed by atoms with Gasteiger partial charge in [-0.15, -0.1) is 0 Å². The lowest BCUT2D eigenvalue weighted by atomic mass is 10.2. The van der Waals surface area contributed by atoms with Crippen LogP contribution in [-0.4, -0.2) is 36.5 Å². The summed E-state index contributed by atoms with van der Waals surface area (Å²) in [6, 6.07) is 2.94. The number of carbonyl (C=O) groups excluding carboxylic acids is 2. The first-order valence-electron chi connectivity index (χ1n) is 5.83. The molecule has 1 unspecified atom stereocenters. The number of nitrogens with two attached hydrogens (primary N) is 1. The molecule has 1 aromatic rings. The molecule has 0 aliphatic heterocycles. The second-order valence-corrected chi connectivity index (χ2v) is 4.93. The van der Waals surface area contributed by atoms with Crippen molar-refractivity contribution in [1.82, 2.24) is 5.32 Å². The summed E-state index contributed by atoms with van der Waals surface area (Å²) in [5, 5.41) is 2.73. The van der Waals surface area contributed by atoms with Crippen LogP contribution in [0.25, 0.3) is 0 Å². The number of methoxy groups -OCH3 is 1. The first-order valence-corrected chi connectivity index (χ1v) is 6.99. The number of hydrogen-bond donors (Lipinski definition) is 2. The van der Waals surface area contributed by atoms with Crippen molar-refractivity contribution in [2.75, 3.05) is 18.6 Å². The first-order chi connectivity index (χ1) is 9.13. The van der Waals surface area contributed by atoms with Crippen LogP contribution in [0, 0.1) is 0 Å². The average Bonchev–Trinajstić information content (AvgIpc) is 2.93. The predicted octanol–water partition coefficient (Wildman–Crippen LogP) is 0.519. The van der Waals surface area contributed by atoms with Crippen LogP contribution in [0.4, 0.5) is 0 Å². The molecule has 6 nitrogen and oxygen atoms in total. The van der Waals surface area contributed by atoms with Gasteiger partial charge in [-0.3, -0.25) is 9.59 Å². The van der Waals surface area contributed by atoms with Gasteiger partial charge in [0.1, 0.15) is 11.8 Å². The highest BCUT2D eigenvalue weighted by Gasteiger charge is 2.13. The van der Waals surface area contributed by atoms with E-state index in [-0.39, 0.29) is 5.91 Å². The van der Waals surface area contributed by atoms with Crippen molar-refractivity contribution in [3.63, 3.8) is 0 Å². The van der Waals surface area contributed by atoms with Crippen molar-refractivity contribution in [3.8, 4) is 0 Å². The van der Waals surface area contributed by atoms with Gasteiger partial charge in [-0.25, -0.2) is 0 Å². The highest BCUT2D eigenvalue weighted by atomic mass is 32.2. The fraction of sp³-hybridized carbons (Fsp3) is 0.500. The summed E-state index contributed by atoms with van der Waals surface area (Å²) in [5.41, 5.74) is 5.57. The van der Waals surface area contributed by atoms with E-state index in [1.807, 2.05) is 0 Å². The highest BCUT2D eigenvalue weighted by Crippen LogP contribution is 2.05. The summed E-state index contributed by atoms with van der Waals surface area (Å²) in [7, 11) is 1.30. The Morgan fingerprint density at radius 3 is 3.00 bits per heavy atom. The van der Waals surface area contributed by atoms with Crippen molar-refractivity contribution in [2.24, 2.45) is 5.73 Å². The minimum absolute atomic E-state index is 0.0759. The average molecular weight is 286 g/mol. The van der Waals surface area contributed by atoms with Crippen molar-refractivity contribution >= 4 is 23.6 Å². The second kappa shape index (κ2) is 8.60. The maximum atomic E-state index is 11.5. The Bertz CT molecular complexity index is 394. The van der Waals surface area contributed by atoms with E-state index >= 15 is 0 Å². The zero-order chi connectivity index (χ0) is 14.1. The topological polar surface area (TPSA) is 94.6 Å². The summed E-state index contributed by atoms with van der Waals surface area (Å²) >= 11 is 1.42. The van der Waals surface area contributed by atoms with Crippen molar-refractivity contribution in [3.05, 3.63) is 24.2 Å². The van der Waals surface area contributed by atoms with E-state index in [4.69, 9.17) is 10.2 Å². The summed E-state index contributed by atoms with van der Waals surface area (Å²) < 4.78 is 9.60. The number of furan rings is 1. The van der Waals surface area contributed by atoms with Crippen LogP contribution in [-0.2, 0) is 20.9 Å². The number of ether oxygens (including phenoxy) is 1. The Morgan fingerprint density at radius 2 is 2.37 bits per heavy atom. The van der Waals surface area contributed by atoms with E-state index in [0.29, 0.717) is 30.2 Å². The molecule has 106 valence electrons. The number of thioether (sulfide) groups is 1. The molecule has 3 N–H and O–H groups in total. The molecule has 1 heterocycles. The Kier molecular flexibility index (Phi) is 7.06. The maximum absolute atomic E-state index is 11.5. The van der Waals surface area contributed by atoms with E-state index in [9.17, 15) is 9.59 Å². The summed E-state index contributed by atoms with van der Waals surface area (Å²) in [6.45, 7) is 0.383. The van der Waals surface area contributed by atoms with Crippen LogP contribution in [0.15, 0.2) is 22.8 Å². The van der Waals surface area contributed by atoms with Gasteiger partial charge in [0.05, 0.1) is 25.7 Å². The monoisotopic (exact) mass is 286 g/mol. The molecule has 1 amide bonds. The van der Waals surface area contributed by atoms with Crippen LogP contribution in [0.3, 0.4) is 0 Å². The third-order valence-electron chi connectivity index (χ3n) is 2.35. The molecule has 0 fully saturated rings. The molecule has 0 saturated heterocycles. The Labute approximate surface area is 116 Å². The van der Waals surface area contributed by atoms with E-state index < -0.39 is 12.0 Å². The molecule has 0 saturated carbocycles. The first kappa shape index (κ1) is 15.6. The zero-order valence-electron chi connectivity index (χ0n) is 10.8. The van der Waals surface area contributed by atoms with Gasteiger partial charge < -0.3 is 20.2 Å². The van der Waals surface area contributed by atoms with E-state index in [2.05, 4.69) is 10.1 Å². The summed E-state index contributed by atoms with van der Waals surface area (Å²) in [6.07, 6.45) is 2.05. The minimum Gasteiger partial charge on any atom is -0.468 e. The van der Waals surface area contributed by atoms with Gasteiger partial charge in [0, 0.05) is 0 Å². The number of nitrogens with one attached hydrogen (secondary N) is 1. The molecule has 0 bridgehead atoms. The normalized spacial score (nSPS) is 11.9. The molecule has 0 spiro atoms. The van der Waals surface area contributed by atoms with Crippen LogP contribution in [0.2, 0.25) is 0 Å². The number of amides is 1. The highest BCUT2D eigenvalue weighted by molar-refractivity contribution is 7.99. The maximum Gasteiger partial charge on any atom is 0.322 e. The van der Waals surface area contributed by atoms with Gasteiger partial charge in [-0.2, -0.15) is 11.8 Å². The lowest BCUT2D eigenvalue weighted by Gasteiger charge is -2.08. The third kappa shape index (κ3) is 6.30. The van der Waals surface area contributed by atoms with Crippen molar-refractivity contribution < 1.29 is 18.7 Å². The minimum atomic E-state index is -0.622. The van der Waals surface area contributed by atoms with Crippen molar-refractivity contribution in [2.45, 2.75) is 19.0 Å². The van der Waals surface area contributed by atoms with Gasteiger partial charge >= 0.3 is 5.97 Å². The SMILES string of the molecule is COC(=O)C(N)CCSCC(=O)NCc1ccco1. The second-order valence-electron chi connectivity index (χ2n) is 3.83. The lowest BCUT2D eigenvalue weighted by Crippen LogP contribution is -2.32. The quantitative estimate of drug-likeness (QED) is 0.534. The largest absolute Gasteiger partial charge is 0.468 e. The molecule has 7 heteroatoms. The molecule has 19 heavy (non-hydrogen) atoms. The van der Waals surface area contributed by atoms with E-state index in [1.165, 1.54) is 18.9 Å². The molecular weight excluding hydrogens is 268 g/mol. The standard InChI is InChI=1S/C12H18N2O4S/c1-17-12(16)10(13)4-6-19-8-11(15)14-7-9-3-2-5-18-9/h2-3,5,10H,4,6-8,13H2,1H3,(H,14,15). The molecule has 0 aliphatic carbocycles. The van der Waals surface area contributed by atoms with Crippen LogP contribution in [0.5, 0.6) is 0 Å². The number of hydrogen-bond acceptors (Lipinski definition) is 6. The molecule has 1 rings (SSSR count). The van der Waals surface area contributed by atoms with Gasteiger partial charge in [-0.05, 0) is 24.3 Å². The Morgan fingerprint density at radius 1 is 1.58 bits per heavy atom. The van der Waals surface area contributed by atoms with Crippen LogP contribution in [0.1, 0.15) is 12.2 Å². The summed E-state index contributed by atoms with van der Waals surface area (Å²) in [4.78, 5) is 22.5. The molecule has 0 aromatic carbocycles. The molecule has 1 atom stereocenters. The molecule has 1 aromatic heterocycles. The third-order valence-corrected chi connectivity index (χ3v) is 3.34. The van der Waals surface area contributed by atoms with Gasteiger partial charge in [-0.1, -0.05) is 0 Å². The van der Waals surface area contributed by atoms with Gasteiger partial charge in [0.25, 0.3) is 0 Å². The number of esters is 1. The summed E-state index contributed by atoms with van der Waals surface area (Å²) in [5.74, 6) is 1.17. The fourth-order valence-electron chi connectivity index (χ4n) is 1.29. The lowest BCUT2D eigenvalue weighted by molar-refractivity contribution is -0.142. The van der Waals surface area contributed by atoms with Gasteiger partial charge in [0.2, 0.25) is 5.91 Å². The zero-order valence-corrected chi connectivity index (χ0v) is 11.6. The van der Waals surface area contributed by atoms with Crippen molar-refractivity contribution in [1.29, 1.82) is 0 Å². The Hall–Kier alpha value is -1.47. The predicted molar refractivity (Wildman–Crippen MR) is 72.5 cm³/mol. The number of rotatable bonds is 8. The molecule has 0 aliphatic rings. The van der Waals surface area contributed by atoms with E-state index in [0.717, 1.165) is 0 Å². The smallest absolute Gasteiger partial charge is 0.322 e. The van der Waals surface area contributed by atoms with Crippen LogP contribution < -0.4 is 11.1 Å². The van der Waals surface area contributed by atoms with E-state index in [1.54, 1.807) is 18.4 Å². The number of carbonyl (C=O) groups is 2. The molecule has 0 radical (unpaired) electrons. The molecular formula is C12H18N2O4S. The van der Waals surface area contributed by atoms with Gasteiger partial charge in [0.15, 0.2) is 0 Å². The Balaban J connectivity index is 2.06.